The van der Waals surface area contributed by atoms with Crippen molar-refractivity contribution in [3.05, 3.63) is 23.8 Å². The number of halogens is 6. The molecule has 0 radical (unpaired) electrons. The molecule has 28 heavy (non-hydrogen) atoms. The summed E-state index contributed by atoms with van der Waals surface area (Å²) < 4.78 is 130. The van der Waals surface area contributed by atoms with E-state index >= 15 is 0 Å². The molecule has 0 aliphatic rings. The van der Waals surface area contributed by atoms with Crippen molar-refractivity contribution in [1.82, 2.24) is 0 Å². The van der Waals surface area contributed by atoms with Crippen molar-refractivity contribution in [2.75, 3.05) is 6.61 Å². The van der Waals surface area contributed by atoms with Crippen molar-refractivity contribution in [3.8, 4) is 11.5 Å². The first-order valence-corrected chi connectivity index (χ1v) is 9.61. The van der Waals surface area contributed by atoms with Gasteiger partial charge in [0.15, 0.2) is 0 Å². The van der Waals surface area contributed by atoms with E-state index in [1.807, 2.05) is 0 Å². The second kappa shape index (κ2) is 8.02. The van der Waals surface area contributed by atoms with E-state index in [1.165, 1.54) is 6.92 Å². The van der Waals surface area contributed by atoms with Gasteiger partial charge in [-0.1, -0.05) is 0 Å². The highest BCUT2D eigenvalue weighted by atomic mass is 32.2. The lowest BCUT2D eigenvalue weighted by molar-refractivity contribution is -0.142. The summed E-state index contributed by atoms with van der Waals surface area (Å²) in [5.74, 6) is -3.49. The first-order chi connectivity index (χ1) is 12.5. The monoisotopic (exact) mass is 460 g/mol. The zero-order valence-electron chi connectivity index (χ0n) is 13.5. The van der Waals surface area contributed by atoms with Crippen LogP contribution in [0.4, 0.5) is 26.3 Å². The van der Waals surface area contributed by atoms with Gasteiger partial charge in [-0.3, -0.25) is 4.79 Å². The van der Waals surface area contributed by atoms with E-state index in [9.17, 15) is 48.0 Å². The van der Waals surface area contributed by atoms with Gasteiger partial charge in [0.25, 0.3) is 0 Å². The zero-order valence-corrected chi connectivity index (χ0v) is 15.1. The molecule has 0 aromatic heterocycles. The Morgan fingerprint density at radius 2 is 1.25 bits per heavy atom. The van der Waals surface area contributed by atoms with Gasteiger partial charge >= 0.3 is 37.2 Å². The Bertz CT molecular complexity index is 870. The van der Waals surface area contributed by atoms with Gasteiger partial charge in [0, 0.05) is 6.07 Å². The van der Waals surface area contributed by atoms with Gasteiger partial charge in [-0.05, 0) is 24.6 Å². The molecule has 0 aliphatic carbocycles. The van der Waals surface area contributed by atoms with Crippen LogP contribution in [0.3, 0.4) is 0 Å². The number of hydrogen-bond acceptors (Lipinski definition) is 8. The summed E-state index contributed by atoms with van der Waals surface area (Å²) in [4.78, 5) is 11.4. The SMILES string of the molecule is CCOC(=O)Cc1cc(OS(=O)(=O)C(F)(F)F)cc(OS(=O)(=O)C(F)(F)F)c1. The highest BCUT2D eigenvalue weighted by molar-refractivity contribution is 7.88. The number of ether oxygens (including phenoxy) is 1. The summed E-state index contributed by atoms with van der Waals surface area (Å²) in [6.07, 6.45) is -0.764. The van der Waals surface area contributed by atoms with Crippen LogP contribution < -0.4 is 8.37 Å². The molecule has 0 unspecified atom stereocenters. The summed E-state index contributed by atoms with van der Waals surface area (Å²) in [5.41, 5.74) is -12.2. The highest BCUT2D eigenvalue weighted by Crippen LogP contribution is 2.33. The third kappa shape index (κ3) is 6.15. The summed E-state index contributed by atoms with van der Waals surface area (Å²) in [6.45, 7) is 1.28. The maximum atomic E-state index is 12.4. The van der Waals surface area contributed by atoms with Gasteiger partial charge in [0.2, 0.25) is 0 Å². The standard InChI is InChI=1S/C12H10F6O8S2/c1-2-24-10(19)5-7-3-8(25-27(20,21)11(13,14)15)6-9(4-7)26-28(22,23)12(16,17)18/h3-4,6H,2,5H2,1H3. The predicted molar refractivity (Wildman–Crippen MR) is 78.0 cm³/mol. The van der Waals surface area contributed by atoms with Crippen LogP contribution in [0.2, 0.25) is 0 Å². The quantitative estimate of drug-likeness (QED) is 0.264. The molecule has 0 saturated heterocycles. The van der Waals surface area contributed by atoms with Crippen LogP contribution in [0.15, 0.2) is 18.2 Å². The molecule has 0 saturated carbocycles. The Kier molecular flexibility index (Phi) is 6.82. The minimum atomic E-state index is -6.24. The lowest BCUT2D eigenvalue weighted by atomic mass is 10.1. The number of alkyl halides is 6. The van der Waals surface area contributed by atoms with E-state index in [-0.39, 0.29) is 12.7 Å². The first kappa shape index (κ1) is 23.8. The largest absolute Gasteiger partial charge is 0.534 e. The van der Waals surface area contributed by atoms with E-state index in [1.54, 1.807) is 0 Å². The summed E-state index contributed by atoms with van der Waals surface area (Å²) in [6, 6.07) is 1.25. The summed E-state index contributed by atoms with van der Waals surface area (Å²) in [7, 11) is -12.5. The smallest absolute Gasteiger partial charge is 0.466 e. The Hall–Kier alpha value is -2.23. The van der Waals surface area contributed by atoms with Crippen LogP contribution in [0.25, 0.3) is 0 Å². The predicted octanol–water partition coefficient (Wildman–Crippen LogP) is 2.25. The lowest BCUT2D eigenvalue weighted by Gasteiger charge is -2.14. The number of carbonyl (C=O) groups excluding carboxylic acids is 1. The fourth-order valence-corrected chi connectivity index (χ4v) is 2.44. The second-order valence-corrected chi connectivity index (χ2v) is 7.84. The van der Waals surface area contributed by atoms with Gasteiger partial charge in [0.1, 0.15) is 11.5 Å². The molecule has 160 valence electrons. The van der Waals surface area contributed by atoms with E-state index in [2.05, 4.69) is 13.1 Å². The molecular formula is C12H10F6O8S2. The third-order valence-corrected chi connectivity index (χ3v) is 4.53. The van der Waals surface area contributed by atoms with Crippen molar-refractivity contribution in [2.24, 2.45) is 0 Å². The molecule has 0 spiro atoms. The normalized spacial score (nSPS) is 13.1. The number of carbonyl (C=O) groups is 1. The molecule has 1 aromatic carbocycles. The Morgan fingerprint density at radius 3 is 1.57 bits per heavy atom. The maximum absolute atomic E-state index is 12.4. The van der Waals surface area contributed by atoms with E-state index in [0.717, 1.165) is 0 Å². The molecule has 0 N–H and O–H groups in total. The van der Waals surface area contributed by atoms with Gasteiger partial charge < -0.3 is 13.1 Å². The minimum Gasteiger partial charge on any atom is -0.466 e. The zero-order chi connectivity index (χ0) is 22.0. The second-order valence-electron chi connectivity index (χ2n) is 4.76. The number of esters is 1. The Labute approximate surface area is 154 Å². The lowest BCUT2D eigenvalue weighted by Crippen LogP contribution is -2.29. The topological polar surface area (TPSA) is 113 Å². The molecule has 0 fully saturated rings. The minimum absolute atomic E-state index is 0.122. The van der Waals surface area contributed by atoms with Crippen molar-refractivity contribution in [1.29, 1.82) is 0 Å². The van der Waals surface area contributed by atoms with Crippen LogP contribution in [0, 0.1) is 0 Å². The average molecular weight is 460 g/mol. The average Bonchev–Trinajstić information content (AvgIpc) is 2.43. The van der Waals surface area contributed by atoms with Crippen molar-refractivity contribution in [2.45, 2.75) is 24.4 Å². The number of hydrogen-bond donors (Lipinski definition) is 0. The van der Waals surface area contributed by atoms with Crippen LogP contribution in [0.5, 0.6) is 11.5 Å². The third-order valence-electron chi connectivity index (χ3n) is 2.57. The Morgan fingerprint density at radius 1 is 0.857 bits per heavy atom. The number of benzene rings is 1. The maximum Gasteiger partial charge on any atom is 0.534 e. The van der Waals surface area contributed by atoms with Crippen molar-refractivity contribution < 1.29 is 61.1 Å². The fourth-order valence-electron chi connectivity index (χ4n) is 1.56. The molecule has 1 rings (SSSR count). The highest BCUT2D eigenvalue weighted by Gasteiger charge is 2.50. The van der Waals surface area contributed by atoms with Crippen LogP contribution in [-0.2, 0) is 36.2 Å². The van der Waals surface area contributed by atoms with E-state index in [0.29, 0.717) is 12.1 Å². The molecule has 0 heterocycles. The van der Waals surface area contributed by atoms with Crippen molar-refractivity contribution in [3.63, 3.8) is 0 Å². The van der Waals surface area contributed by atoms with Crippen LogP contribution >= 0.6 is 0 Å². The number of rotatable bonds is 7. The molecule has 0 amide bonds. The van der Waals surface area contributed by atoms with Gasteiger partial charge in [0.05, 0.1) is 13.0 Å². The molecule has 16 heteroatoms. The summed E-state index contributed by atoms with van der Waals surface area (Å²) in [5, 5.41) is 0. The van der Waals surface area contributed by atoms with Gasteiger partial charge in [-0.2, -0.15) is 43.2 Å². The molecule has 0 atom stereocenters. The Balaban J connectivity index is 3.38. The van der Waals surface area contributed by atoms with Gasteiger partial charge in [-0.15, -0.1) is 0 Å². The first-order valence-electron chi connectivity index (χ1n) is 6.79. The van der Waals surface area contributed by atoms with Crippen LogP contribution in [0.1, 0.15) is 12.5 Å². The molecule has 0 bridgehead atoms. The molecule has 1 aromatic rings. The molecule has 0 aliphatic heterocycles. The fraction of sp³-hybridized carbons (Fsp3) is 0.417. The van der Waals surface area contributed by atoms with Crippen molar-refractivity contribution >= 4 is 26.2 Å². The molecular weight excluding hydrogens is 450 g/mol. The summed E-state index contributed by atoms with van der Waals surface area (Å²) >= 11 is 0. The van der Waals surface area contributed by atoms with Gasteiger partial charge in [-0.25, -0.2) is 0 Å². The van der Waals surface area contributed by atoms with E-state index in [4.69, 9.17) is 0 Å². The molecule has 8 nitrogen and oxygen atoms in total. The van der Waals surface area contributed by atoms with Crippen LogP contribution in [-0.4, -0.2) is 40.4 Å². The van der Waals surface area contributed by atoms with E-state index < -0.39 is 60.7 Å².